The molecular formula is C22H25N3O6S. The zero-order valence-corrected chi connectivity index (χ0v) is 19.6. The summed E-state index contributed by atoms with van der Waals surface area (Å²) in [4.78, 5) is 28.3. The summed E-state index contributed by atoms with van der Waals surface area (Å²) in [6, 6.07) is 5.24. The number of hydrogen-bond acceptors (Lipinski definition) is 9. The third-order valence-electron chi connectivity index (χ3n) is 4.82. The van der Waals surface area contributed by atoms with E-state index in [1.165, 1.54) is 0 Å². The van der Waals surface area contributed by atoms with Crippen molar-refractivity contribution in [1.29, 1.82) is 0 Å². The predicted molar refractivity (Wildman–Crippen MR) is 119 cm³/mol. The summed E-state index contributed by atoms with van der Waals surface area (Å²) in [7, 11) is 3.11. The lowest BCUT2D eigenvalue weighted by atomic mass is 10.1. The summed E-state index contributed by atoms with van der Waals surface area (Å²) in [5.74, 6) is 0.818. The number of esters is 1. The fourth-order valence-corrected chi connectivity index (χ4v) is 3.96. The van der Waals surface area contributed by atoms with Gasteiger partial charge in [-0.2, -0.15) is 0 Å². The second-order valence-electron chi connectivity index (χ2n) is 6.94. The molecule has 1 unspecified atom stereocenters. The summed E-state index contributed by atoms with van der Waals surface area (Å²) in [6.45, 7) is 7.20. The number of H-pyrrole nitrogens is 1. The number of hydrogen-bond donors (Lipinski definition) is 1. The summed E-state index contributed by atoms with van der Waals surface area (Å²) >= 11 is 1.14. The monoisotopic (exact) mass is 459 g/mol. The Kier molecular flexibility index (Phi) is 7.24. The number of ether oxygens (including phenoxy) is 3. The fourth-order valence-electron chi connectivity index (χ4n) is 3.22. The van der Waals surface area contributed by atoms with Gasteiger partial charge in [-0.15, -0.1) is 10.2 Å². The summed E-state index contributed by atoms with van der Waals surface area (Å²) < 4.78 is 21.4. The summed E-state index contributed by atoms with van der Waals surface area (Å²) in [5.41, 5.74) is 2.54. The zero-order valence-electron chi connectivity index (χ0n) is 18.8. The maximum absolute atomic E-state index is 13.0. The number of aromatic nitrogens is 3. The molecule has 1 aromatic carbocycles. The van der Waals surface area contributed by atoms with Gasteiger partial charge in [0.2, 0.25) is 5.89 Å². The molecule has 0 fully saturated rings. The number of rotatable bonds is 9. The smallest absolute Gasteiger partial charge is 0.340 e. The number of aromatic amines is 1. The molecule has 3 aromatic rings. The van der Waals surface area contributed by atoms with Gasteiger partial charge < -0.3 is 23.6 Å². The highest BCUT2D eigenvalue weighted by Crippen LogP contribution is 2.32. The second-order valence-corrected chi connectivity index (χ2v) is 8.24. The molecule has 0 aliphatic rings. The third kappa shape index (κ3) is 4.80. The Hall–Kier alpha value is -3.27. The highest BCUT2D eigenvalue weighted by molar-refractivity contribution is 8.00. The van der Waals surface area contributed by atoms with Gasteiger partial charge in [0.1, 0.15) is 11.5 Å². The van der Waals surface area contributed by atoms with Gasteiger partial charge in [-0.05, 0) is 45.4 Å². The first-order valence-corrected chi connectivity index (χ1v) is 10.8. The van der Waals surface area contributed by atoms with E-state index in [0.717, 1.165) is 11.8 Å². The van der Waals surface area contributed by atoms with Gasteiger partial charge in [-0.1, -0.05) is 11.8 Å². The van der Waals surface area contributed by atoms with Gasteiger partial charge in [-0.3, -0.25) is 4.79 Å². The van der Waals surface area contributed by atoms with Crippen molar-refractivity contribution in [2.75, 3.05) is 20.8 Å². The van der Waals surface area contributed by atoms with Crippen LogP contribution in [0.5, 0.6) is 11.5 Å². The van der Waals surface area contributed by atoms with Crippen LogP contribution in [0.4, 0.5) is 0 Å². The Labute approximate surface area is 189 Å². The van der Waals surface area contributed by atoms with Crippen molar-refractivity contribution in [3.63, 3.8) is 0 Å². The molecule has 0 saturated heterocycles. The van der Waals surface area contributed by atoms with E-state index in [1.54, 1.807) is 60.1 Å². The Morgan fingerprint density at radius 3 is 2.38 bits per heavy atom. The van der Waals surface area contributed by atoms with Crippen molar-refractivity contribution in [2.45, 2.75) is 38.2 Å². The molecule has 1 atom stereocenters. The van der Waals surface area contributed by atoms with Crippen LogP contribution in [-0.4, -0.2) is 53.0 Å². The summed E-state index contributed by atoms with van der Waals surface area (Å²) in [5, 5.41) is 7.83. The Bertz CT molecular complexity index is 1110. The lowest BCUT2D eigenvalue weighted by Gasteiger charge is -2.07. The van der Waals surface area contributed by atoms with Crippen LogP contribution in [0.15, 0.2) is 27.8 Å². The number of nitrogens with zero attached hydrogens (tertiary/aromatic N) is 2. The molecule has 9 nitrogen and oxygen atoms in total. The van der Waals surface area contributed by atoms with Crippen molar-refractivity contribution < 1.29 is 28.2 Å². The van der Waals surface area contributed by atoms with E-state index >= 15 is 0 Å². The largest absolute Gasteiger partial charge is 0.497 e. The fraction of sp³-hybridized carbons (Fsp3) is 0.364. The SMILES string of the molecule is CCOC(=O)c1c(C)[nH]c(C(=O)C(C)Sc2nnc(-c3cc(OC)cc(OC)c3)o2)c1C. The molecule has 170 valence electrons. The molecule has 2 heterocycles. The Morgan fingerprint density at radius 2 is 1.78 bits per heavy atom. The van der Waals surface area contributed by atoms with Crippen molar-refractivity contribution in [3.8, 4) is 23.0 Å². The number of carbonyl (C=O) groups is 2. The normalized spacial score (nSPS) is 11.8. The number of nitrogens with one attached hydrogen (secondary N) is 1. The van der Waals surface area contributed by atoms with Crippen LogP contribution in [0.25, 0.3) is 11.5 Å². The van der Waals surface area contributed by atoms with Gasteiger partial charge in [-0.25, -0.2) is 4.79 Å². The van der Waals surface area contributed by atoms with Crippen LogP contribution in [-0.2, 0) is 4.74 Å². The predicted octanol–water partition coefficient (Wildman–Crippen LogP) is 4.24. The lowest BCUT2D eigenvalue weighted by Crippen LogP contribution is -2.15. The quantitative estimate of drug-likeness (QED) is 0.285. The van der Waals surface area contributed by atoms with Crippen molar-refractivity contribution in [1.82, 2.24) is 15.2 Å². The first-order chi connectivity index (χ1) is 15.3. The maximum atomic E-state index is 13.0. The maximum Gasteiger partial charge on any atom is 0.340 e. The van der Waals surface area contributed by atoms with Gasteiger partial charge in [0.25, 0.3) is 5.22 Å². The number of Topliss-reactive ketones (excluding diaryl/α,β-unsaturated/α-hetero) is 1. The van der Waals surface area contributed by atoms with Crippen LogP contribution in [0.2, 0.25) is 0 Å². The average molecular weight is 460 g/mol. The van der Waals surface area contributed by atoms with E-state index in [9.17, 15) is 9.59 Å². The van der Waals surface area contributed by atoms with Crippen LogP contribution in [0.3, 0.4) is 0 Å². The number of benzene rings is 1. The lowest BCUT2D eigenvalue weighted by molar-refractivity contribution is 0.0525. The molecule has 0 saturated carbocycles. The van der Waals surface area contributed by atoms with Gasteiger partial charge in [0.05, 0.1) is 37.3 Å². The van der Waals surface area contributed by atoms with Crippen molar-refractivity contribution in [2.24, 2.45) is 0 Å². The number of ketones is 1. The van der Waals surface area contributed by atoms with E-state index < -0.39 is 11.2 Å². The second kappa shape index (κ2) is 9.90. The van der Waals surface area contributed by atoms with E-state index in [-0.39, 0.29) is 23.5 Å². The molecule has 2 aromatic heterocycles. The number of aryl methyl sites for hydroxylation is 1. The van der Waals surface area contributed by atoms with Gasteiger partial charge in [0.15, 0.2) is 5.78 Å². The van der Waals surface area contributed by atoms with Crippen LogP contribution in [0.1, 0.15) is 46.0 Å². The molecule has 3 rings (SSSR count). The molecule has 0 radical (unpaired) electrons. The highest BCUT2D eigenvalue weighted by atomic mass is 32.2. The minimum atomic E-state index is -0.532. The van der Waals surface area contributed by atoms with E-state index in [4.69, 9.17) is 18.6 Å². The average Bonchev–Trinajstić information content (AvgIpc) is 3.36. The number of carbonyl (C=O) groups excluding carboxylic acids is 2. The van der Waals surface area contributed by atoms with Crippen LogP contribution >= 0.6 is 11.8 Å². The van der Waals surface area contributed by atoms with Crippen LogP contribution < -0.4 is 9.47 Å². The molecule has 1 N–H and O–H groups in total. The van der Waals surface area contributed by atoms with E-state index in [0.29, 0.717) is 39.6 Å². The third-order valence-corrected chi connectivity index (χ3v) is 5.75. The highest BCUT2D eigenvalue weighted by Gasteiger charge is 2.27. The van der Waals surface area contributed by atoms with Crippen LogP contribution in [0, 0.1) is 13.8 Å². The van der Waals surface area contributed by atoms with Gasteiger partial charge in [0, 0.05) is 17.3 Å². The number of thioether (sulfide) groups is 1. The molecule has 0 aliphatic heterocycles. The van der Waals surface area contributed by atoms with Gasteiger partial charge >= 0.3 is 5.97 Å². The number of methoxy groups -OCH3 is 2. The molecule has 10 heteroatoms. The zero-order chi connectivity index (χ0) is 23.4. The standard InChI is InChI=1S/C22H25N3O6S/c1-7-30-21(27)17-11(2)18(23-12(17)3)19(26)13(4)32-22-25-24-20(31-22)14-8-15(28-5)10-16(9-14)29-6/h8-10,13,23H,7H2,1-6H3. The molecule has 0 amide bonds. The molecule has 0 aliphatic carbocycles. The molecule has 0 bridgehead atoms. The first-order valence-electron chi connectivity index (χ1n) is 9.93. The minimum absolute atomic E-state index is 0.186. The van der Waals surface area contributed by atoms with E-state index in [1.807, 2.05) is 0 Å². The Morgan fingerprint density at radius 1 is 1.12 bits per heavy atom. The van der Waals surface area contributed by atoms with Crippen molar-refractivity contribution in [3.05, 3.63) is 40.7 Å². The minimum Gasteiger partial charge on any atom is -0.497 e. The molecule has 32 heavy (non-hydrogen) atoms. The van der Waals surface area contributed by atoms with Crippen molar-refractivity contribution >= 4 is 23.5 Å². The molecular weight excluding hydrogens is 434 g/mol. The first kappa shape index (κ1) is 23.4. The topological polar surface area (TPSA) is 117 Å². The Balaban J connectivity index is 1.79. The molecule has 0 spiro atoms. The van der Waals surface area contributed by atoms with E-state index in [2.05, 4.69) is 15.2 Å². The summed E-state index contributed by atoms with van der Waals surface area (Å²) in [6.07, 6.45) is 0.